The fourth-order valence-corrected chi connectivity index (χ4v) is 3.28. The number of nitrogens with zero attached hydrogens (tertiary/aromatic N) is 1. The summed E-state index contributed by atoms with van der Waals surface area (Å²) in [5.41, 5.74) is 0.821. The minimum atomic E-state index is -1.02. The third-order valence-corrected chi connectivity index (χ3v) is 4.70. The van der Waals surface area contributed by atoms with E-state index < -0.39 is 12.0 Å². The van der Waals surface area contributed by atoms with Crippen LogP contribution in [0.15, 0.2) is 12.5 Å². The van der Waals surface area contributed by atoms with E-state index in [9.17, 15) is 14.7 Å². The second kappa shape index (κ2) is 5.48. The molecule has 1 unspecified atom stereocenters. The standard InChI is InChI=1S/C14H20N4O3/c19-12(10-6-14(10)1-3-15-4-2-14)18-11(13(20)21)5-9-7-16-8-17-9/h7-8,10-11,15H,1-6H2,(H,16,17)(H,18,19)(H,20,21)/t10?,11-/m0/s1. The second-order valence-electron chi connectivity index (χ2n) is 6.05. The van der Waals surface area contributed by atoms with Crippen LogP contribution >= 0.6 is 0 Å². The van der Waals surface area contributed by atoms with Gasteiger partial charge in [0.1, 0.15) is 6.04 Å². The number of hydrogen-bond acceptors (Lipinski definition) is 4. The van der Waals surface area contributed by atoms with Gasteiger partial charge in [-0.05, 0) is 37.8 Å². The third kappa shape index (κ3) is 2.92. The van der Waals surface area contributed by atoms with Gasteiger partial charge in [-0.25, -0.2) is 9.78 Å². The number of piperidine rings is 1. The number of carbonyl (C=O) groups is 2. The highest BCUT2D eigenvalue weighted by Gasteiger charge is 2.57. The summed E-state index contributed by atoms with van der Waals surface area (Å²) in [6, 6.07) is -0.905. The Morgan fingerprint density at radius 3 is 2.86 bits per heavy atom. The minimum absolute atomic E-state index is 0.0248. The van der Waals surface area contributed by atoms with Gasteiger partial charge in [0.2, 0.25) is 5.91 Å². The maximum Gasteiger partial charge on any atom is 0.326 e. The molecule has 2 atom stereocenters. The van der Waals surface area contributed by atoms with Crippen molar-refractivity contribution < 1.29 is 14.7 Å². The van der Waals surface area contributed by atoms with Crippen molar-refractivity contribution >= 4 is 11.9 Å². The van der Waals surface area contributed by atoms with Crippen LogP contribution in [0.5, 0.6) is 0 Å². The molecule has 2 fully saturated rings. The van der Waals surface area contributed by atoms with Gasteiger partial charge in [-0.1, -0.05) is 0 Å². The SMILES string of the molecule is O=C(N[C@@H](Cc1cnc[nH]1)C(=O)O)C1CC12CCNCC2. The van der Waals surface area contributed by atoms with Crippen molar-refractivity contribution in [3.05, 3.63) is 18.2 Å². The highest BCUT2D eigenvalue weighted by Crippen LogP contribution is 2.58. The number of carboxylic acids is 1. The van der Waals surface area contributed by atoms with E-state index in [2.05, 4.69) is 20.6 Å². The first-order valence-corrected chi connectivity index (χ1v) is 7.32. The van der Waals surface area contributed by atoms with Crippen molar-refractivity contribution in [2.45, 2.75) is 31.7 Å². The molecule has 1 amide bonds. The molecular formula is C14H20N4O3. The molecule has 1 saturated heterocycles. The summed E-state index contributed by atoms with van der Waals surface area (Å²) < 4.78 is 0. The summed E-state index contributed by atoms with van der Waals surface area (Å²) >= 11 is 0. The number of nitrogens with one attached hydrogen (secondary N) is 3. The van der Waals surface area contributed by atoms with Crippen LogP contribution in [0.25, 0.3) is 0 Å². The first-order chi connectivity index (χ1) is 10.1. The predicted molar refractivity (Wildman–Crippen MR) is 74.5 cm³/mol. The molecule has 1 aliphatic heterocycles. The summed E-state index contributed by atoms with van der Waals surface area (Å²) in [6.07, 6.45) is 6.19. The summed E-state index contributed by atoms with van der Waals surface area (Å²) in [6.45, 7) is 1.89. The first kappa shape index (κ1) is 14.1. The van der Waals surface area contributed by atoms with E-state index in [1.807, 2.05) is 0 Å². The number of aromatic amines is 1. The number of hydrogen-bond donors (Lipinski definition) is 4. The van der Waals surface area contributed by atoms with Gasteiger partial charge in [0.05, 0.1) is 6.33 Å². The first-order valence-electron chi connectivity index (χ1n) is 7.32. The number of amides is 1. The van der Waals surface area contributed by atoms with Crippen LogP contribution in [-0.2, 0) is 16.0 Å². The summed E-state index contributed by atoms with van der Waals surface area (Å²) in [4.78, 5) is 30.3. The van der Waals surface area contributed by atoms with E-state index in [1.165, 1.54) is 6.33 Å². The Kier molecular flexibility index (Phi) is 3.67. The van der Waals surface area contributed by atoms with Gasteiger partial charge in [0.15, 0.2) is 0 Å². The van der Waals surface area contributed by atoms with Gasteiger partial charge in [0.25, 0.3) is 0 Å². The van der Waals surface area contributed by atoms with E-state index >= 15 is 0 Å². The lowest BCUT2D eigenvalue weighted by Crippen LogP contribution is -2.44. The van der Waals surface area contributed by atoms with E-state index in [1.54, 1.807) is 6.20 Å². The highest BCUT2D eigenvalue weighted by atomic mass is 16.4. The number of carbonyl (C=O) groups excluding carboxylic acids is 1. The number of rotatable bonds is 5. The molecule has 3 rings (SSSR count). The van der Waals surface area contributed by atoms with Crippen molar-refractivity contribution in [1.82, 2.24) is 20.6 Å². The molecule has 2 aliphatic rings. The topological polar surface area (TPSA) is 107 Å². The molecule has 1 aromatic rings. The average Bonchev–Trinajstić information content (AvgIpc) is 2.92. The highest BCUT2D eigenvalue weighted by molar-refractivity contribution is 5.87. The number of H-pyrrole nitrogens is 1. The lowest BCUT2D eigenvalue weighted by molar-refractivity contribution is -0.142. The van der Waals surface area contributed by atoms with E-state index in [0.717, 1.165) is 32.4 Å². The zero-order valence-corrected chi connectivity index (χ0v) is 11.8. The van der Waals surface area contributed by atoms with Crippen LogP contribution in [0, 0.1) is 11.3 Å². The van der Waals surface area contributed by atoms with Crippen LogP contribution in [-0.4, -0.2) is 46.1 Å². The zero-order valence-electron chi connectivity index (χ0n) is 11.8. The Balaban J connectivity index is 1.58. The zero-order chi connectivity index (χ0) is 14.9. The van der Waals surface area contributed by atoms with Crippen molar-refractivity contribution in [3.8, 4) is 0 Å². The molecule has 2 heterocycles. The smallest absolute Gasteiger partial charge is 0.326 e. The van der Waals surface area contributed by atoms with Crippen LogP contribution in [0.2, 0.25) is 0 Å². The van der Waals surface area contributed by atoms with Crippen LogP contribution in [0.1, 0.15) is 25.0 Å². The van der Waals surface area contributed by atoms with Gasteiger partial charge in [-0.2, -0.15) is 0 Å². The molecule has 7 heteroatoms. The fourth-order valence-electron chi connectivity index (χ4n) is 3.28. The molecule has 1 aliphatic carbocycles. The maximum atomic E-state index is 12.3. The van der Waals surface area contributed by atoms with Crippen molar-refractivity contribution in [2.75, 3.05) is 13.1 Å². The lowest BCUT2D eigenvalue weighted by atomic mass is 9.91. The molecule has 7 nitrogen and oxygen atoms in total. The number of aliphatic carboxylic acids is 1. The Labute approximate surface area is 122 Å². The third-order valence-electron chi connectivity index (χ3n) is 4.70. The van der Waals surface area contributed by atoms with Crippen molar-refractivity contribution in [1.29, 1.82) is 0 Å². The second-order valence-corrected chi connectivity index (χ2v) is 6.05. The van der Waals surface area contributed by atoms with Gasteiger partial charge < -0.3 is 20.7 Å². The van der Waals surface area contributed by atoms with Crippen LogP contribution in [0.4, 0.5) is 0 Å². The number of carboxylic acid groups (broad SMARTS) is 1. The predicted octanol–water partition coefficient (Wildman–Crippen LogP) is -0.0887. The largest absolute Gasteiger partial charge is 0.480 e. The maximum absolute atomic E-state index is 12.3. The molecule has 0 aromatic carbocycles. The molecule has 1 aromatic heterocycles. The quantitative estimate of drug-likeness (QED) is 0.607. The van der Waals surface area contributed by atoms with E-state index in [0.29, 0.717) is 5.69 Å². The number of aromatic nitrogens is 2. The Morgan fingerprint density at radius 2 is 2.24 bits per heavy atom. The molecule has 4 N–H and O–H groups in total. The Bertz CT molecular complexity index is 522. The van der Waals surface area contributed by atoms with Gasteiger partial charge in [-0.15, -0.1) is 0 Å². The molecule has 114 valence electrons. The van der Waals surface area contributed by atoms with E-state index in [4.69, 9.17) is 0 Å². The van der Waals surface area contributed by atoms with Crippen LogP contribution < -0.4 is 10.6 Å². The van der Waals surface area contributed by atoms with Gasteiger partial charge >= 0.3 is 5.97 Å². The molecule has 0 bridgehead atoms. The molecular weight excluding hydrogens is 272 g/mol. The van der Waals surface area contributed by atoms with Gasteiger partial charge in [-0.3, -0.25) is 4.79 Å². The lowest BCUT2D eigenvalue weighted by Gasteiger charge is -2.23. The molecule has 0 radical (unpaired) electrons. The number of imidazole rings is 1. The molecule has 21 heavy (non-hydrogen) atoms. The summed E-state index contributed by atoms with van der Waals surface area (Å²) in [5.74, 6) is -1.16. The van der Waals surface area contributed by atoms with Gasteiger partial charge in [0, 0.05) is 24.2 Å². The van der Waals surface area contributed by atoms with E-state index in [-0.39, 0.29) is 23.7 Å². The van der Waals surface area contributed by atoms with Crippen LogP contribution in [0.3, 0.4) is 0 Å². The molecule has 1 spiro atoms. The van der Waals surface area contributed by atoms with Crippen molar-refractivity contribution in [3.63, 3.8) is 0 Å². The normalized spacial score (nSPS) is 24.5. The Morgan fingerprint density at radius 1 is 1.48 bits per heavy atom. The minimum Gasteiger partial charge on any atom is -0.480 e. The monoisotopic (exact) mass is 292 g/mol. The Hall–Kier alpha value is -1.89. The summed E-state index contributed by atoms with van der Waals surface area (Å²) in [5, 5.41) is 15.2. The average molecular weight is 292 g/mol. The summed E-state index contributed by atoms with van der Waals surface area (Å²) in [7, 11) is 0. The molecule has 1 saturated carbocycles. The fraction of sp³-hybridized carbons (Fsp3) is 0.643. The van der Waals surface area contributed by atoms with Crippen molar-refractivity contribution in [2.24, 2.45) is 11.3 Å².